The van der Waals surface area contributed by atoms with Crippen LogP contribution in [0, 0.1) is 6.92 Å². The first-order valence-electron chi connectivity index (χ1n) is 8.92. The van der Waals surface area contributed by atoms with Gasteiger partial charge in [0.1, 0.15) is 0 Å². The average molecular weight is 444 g/mol. The lowest BCUT2D eigenvalue weighted by Gasteiger charge is -2.31. The molecule has 2 aromatic rings. The number of carbonyl (C=O) groups is 2. The Balaban J connectivity index is 1.88. The molecule has 0 aliphatic carbocycles. The van der Waals surface area contributed by atoms with Gasteiger partial charge in [-0.05, 0) is 36.3 Å². The highest BCUT2D eigenvalue weighted by Crippen LogP contribution is 2.35. The van der Waals surface area contributed by atoms with Gasteiger partial charge in [0.05, 0.1) is 26.7 Å². The molecule has 0 spiro atoms. The molecule has 0 saturated carbocycles. The van der Waals surface area contributed by atoms with E-state index >= 15 is 0 Å². The summed E-state index contributed by atoms with van der Waals surface area (Å²) >= 11 is 3.50. The van der Waals surface area contributed by atoms with E-state index in [1.807, 2.05) is 31.2 Å². The minimum atomic E-state index is -0.301. The summed E-state index contributed by atoms with van der Waals surface area (Å²) in [5.41, 5.74) is 2.87. The molecule has 28 heavy (non-hydrogen) atoms. The van der Waals surface area contributed by atoms with Crippen molar-refractivity contribution in [1.82, 2.24) is 4.90 Å². The quantitative estimate of drug-likeness (QED) is 0.687. The number of hydrogen-bond acceptors (Lipinski definition) is 4. The minimum absolute atomic E-state index is 0.0157. The van der Waals surface area contributed by atoms with Crippen molar-refractivity contribution in [1.29, 1.82) is 0 Å². The summed E-state index contributed by atoms with van der Waals surface area (Å²) in [6.45, 7) is 2.01. The van der Waals surface area contributed by atoms with E-state index in [-0.39, 0.29) is 30.6 Å². The van der Waals surface area contributed by atoms with Crippen LogP contribution in [0.5, 0.6) is 11.5 Å². The summed E-state index contributed by atoms with van der Waals surface area (Å²) in [6.07, 6.45) is 3.50. The standard InChI is InChI=1S/C22H22BrNO4/c1-14-4-6-15(7-5-14)19-12-17(25)8-9-24(19)22(26)11-16-10-20(27-2)21(28-3)13-18(16)23/h4-10,13,19H,11-12H2,1-3H3. The van der Waals surface area contributed by atoms with Crippen molar-refractivity contribution in [3.8, 4) is 11.5 Å². The Morgan fingerprint density at radius 1 is 1.14 bits per heavy atom. The Morgan fingerprint density at radius 3 is 2.43 bits per heavy atom. The maximum atomic E-state index is 13.1. The van der Waals surface area contributed by atoms with Crippen LogP contribution >= 0.6 is 15.9 Å². The van der Waals surface area contributed by atoms with E-state index in [4.69, 9.17) is 9.47 Å². The Morgan fingerprint density at radius 2 is 1.79 bits per heavy atom. The maximum absolute atomic E-state index is 13.1. The van der Waals surface area contributed by atoms with Crippen LogP contribution in [0.2, 0.25) is 0 Å². The highest BCUT2D eigenvalue weighted by atomic mass is 79.9. The van der Waals surface area contributed by atoms with Crippen molar-refractivity contribution in [2.45, 2.75) is 25.8 Å². The molecule has 2 aromatic carbocycles. The second-order valence-electron chi connectivity index (χ2n) is 6.69. The van der Waals surface area contributed by atoms with Crippen LogP contribution < -0.4 is 9.47 Å². The molecule has 0 aromatic heterocycles. The number of ether oxygens (including phenoxy) is 2. The number of methoxy groups -OCH3 is 2. The average Bonchev–Trinajstić information content (AvgIpc) is 2.69. The molecule has 146 valence electrons. The number of rotatable bonds is 5. The van der Waals surface area contributed by atoms with Crippen molar-refractivity contribution in [2.24, 2.45) is 0 Å². The monoisotopic (exact) mass is 443 g/mol. The third kappa shape index (κ3) is 4.28. The third-order valence-corrected chi connectivity index (χ3v) is 5.53. The molecule has 5 nitrogen and oxygen atoms in total. The zero-order chi connectivity index (χ0) is 20.3. The molecule has 1 aliphatic rings. The molecule has 0 saturated heterocycles. The Labute approximate surface area is 173 Å². The van der Waals surface area contributed by atoms with Gasteiger partial charge in [0.25, 0.3) is 0 Å². The molecule has 1 unspecified atom stereocenters. The first kappa shape index (κ1) is 20.1. The summed E-state index contributed by atoms with van der Waals surface area (Å²) in [5.74, 6) is 1.07. The van der Waals surface area contributed by atoms with E-state index in [9.17, 15) is 9.59 Å². The lowest BCUT2D eigenvalue weighted by Crippen LogP contribution is -2.35. The van der Waals surface area contributed by atoms with Gasteiger partial charge < -0.3 is 14.4 Å². The Hall–Kier alpha value is -2.60. The fraction of sp³-hybridized carbons (Fsp3) is 0.273. The van der Waals surface area contributed by atoms with Crippen LogP contribution in [0.3, 0.4) is 0 Å². The number of aryl methyl sites for hydroxylation is 1. The first-order valence-corrected chi connectivity index (χ1v) is 9.71. The first-order chi connectivity index (χ1) is 13.4. The number of halogens is 1. The van der Waals surface area contributed by atoms with Crippen molar-refractivity contribution < 1.29 is 19.1 Å². The zero-order valence-electron chi connectivity index (χ0n) is 16.1. The van der Waals surface area contributed by atoms with E-state index in [1.54, 1.807) is 37.5 Å². The summed E-state index contributed by atoms with van der Waals surface area (Å²) in [5, 5.41) is 0. The molecule has 1 heterocycles. The van der Waals surface area contributed by atoms with Gasteiger partial charge in [-0.1, -0.05) is 45.8 Å². The smallest absolute Gasteiger partial charge is 0.231 e. The van der Waals surface area contributed by atoms with E-state index < -0.39 is 0 Å². The summed E-state index contributed by atoms with van der Waals surface area (Å²) < 4.78 is 11.4. The molecule has 0 bridgehead atoms. The number of ketones is 1. The molecule has 1 aliphatic heterocycles. The lowest BCUT2D eigenvalue weighted by molar-refractivity contribution is -0.131. The largest absolute Gasteiger partial charge is 0.493 e. The summed E-state index contributed by atoms with van der Waals surface area (Å²) in [4.78, 5) is 26.7. The maximum Gasteiger partial charge on any atom is 0.231 e. The van der Waals surface area contributed by atoms with Crippen LogP contribution in [0.25, 0.3) is 0 Å². The van der Waals surface area contributed by atoms with Gasteiger partial charge in [0.2, 0.25) is 5.91 Å². The van der Waals surface area contributed by atoms with E-state index in [0.717, 1.165) is 21.2 Å². The van der Waals surface area contributed by atoms with E-state index in [2.05, 4.69) is 15.9 Å². The van der Waals surface area contributed by atoms with Crippen molar-refractivity contribution in [3.05, 3.63) is 69.8 Å². The minimum Gasteiger partial charge on any atom is -0.493 e. The van der Waals surface area contributed by atoms with Gasteiger partial charge in [0, 0.05) is 17.1 Å². The van der Waals surface area contributed by atoms with Crippen LogP contribution in [-0.2, 0) is 16.0 Å². The molecule has 1 atom stereocenters. The fourth-order valence-corrected chi connectivity index (χ4v) is 3.70. The van der Waals surface area contributed by atoms with Crippen LogP contribution in [0.1, 0.15) is 29.2 Å². The molecule has 0 N–H and O–H groups in total. The van der Waals surface area contributed by atoms with E-state index in [0.29, 0.717) is 11.5 Å². The SMILES string of the molecule is COc1cc(Br)c(CC(=O)N2C=CC(=O)CC2c2ccc(C)cc2)cc1OC. The van der Waals surface area contributed by atoms with Crippen LogP contribution in [-0.4, -0.2) is 30.8 Å². The molecular weight excluding hydrogens is 422 g/mol. The zero-order valence-corrected chi connectivity index (χ0v) is 17.7. The second kappa shape index (κ2) is 8.61. The predicted octanol–water partition coefficient (Wildman–Crippen LogP) is 4.37. The number of carbonyl (C=O) groups excluding carboxylic acids is 2. The van der Waals surface area contributed by atoms with Gasteiger partial charge in [0.15, 0.2) is 17.3 Å². The summed E-state index contributed by atoms with van der Waals surface area (Å²) in [7, 11) is 3.13. The van der Waals surface area contributed by atoms with Gasteiger partial charge >= 0.3 is 0 Å². The predicted molar refractivity (Wildman–Crippen MR) is 110 cm³/mol. The Bertz CT molecular complexity index is 921. The Kier molecular flexibility index (Phi) is 6.19. The number of benzene rings is 2. The van der Waals surface area contributed by atoms with Crippen molar-refractivity contribution in [3.63, 3.8) is 0 Å². The fourth-order valence-electron chi connectivity index (χ4n) is 3.23. The molecule has 3 rings (SSSR count). The highest BCUT2D eigenvalue weighted by Gasteiger charge is 2.29. The molecule has 0 radical (unpaired) electrons. The van der Waals surface area contributed by atoms with Crippen molar-refractivity contribution >= 4 is 27.6 Å². The highest BCUT2D eigenvalue weighted by molar-refractivity contribution is 9.10. The summed E-state index contributed by atoms with van der Waals surface area (Å²) in [6, 6.07) is 11.2. The number of allylic oxidation sites excluding steroid dienone is 1. The van der Waals surface area contributed by atoms with Gasteiger partial charge in [-0.3, -0.25) is 9.59 Å². The normalized spacial score (nSPS) is 16.2. The second-order valence-corrected chi connectivity index (χ2v) is 7.54. The van der Waals surface area contributed by atoms with Crippen molar-refractivity contribution in [2.75, 3.05) is 14.2 Å². The molecule has 1 amide bonds. The molecular formula is C22H22BrNO4. The topological polar surface area (TPSA) is 55.8 Å². The van der Waals surface area contributed by atoms with Crippen LogP contribution in [0.4, 0.5) is 0 Å². The van der Waals surface area contributed by atoms with Gasteiger partial charge in [-0.2, -0.15) is 0 Å². The van der Waals surface area contributed by atoms with Gasteiger partial charge in [-0.15, -0.1) is 0 Å². The molecule has 0 fully saturated rings. The number of hydrogen-bond donors (Lipinski definition) is 0. The van der Waals surface area contributed by atoms with E-state index in [1.165, 1.54) is 6.08 Å². The number of nitrogens with zero attached hydrogens (tertiary/aromatic N) is 1. The number of amides is 1. The molecule has 6 heteroatoms. The van der Waals surface area contributed by atoms with Gasteiger partial charge in [-0.25, -0.2) is 0 Å². The lowest BCUT2D eigenvalue weighted by atomic mass is 9.96. The van der Waals surface area contributed by atoms with Crippen LogP contribution in [0.15, 0.2) is 53.1 Å². The third-order valence-electron chi connectivity index (χ3n) is 4.80.